The van der Waals surface area contributed by atoms with Gasteiger partial charge in [0.05, 0.1) is 17.2 Å². The number of rotatable bonds is 8. The molecule has 3 rings (SSSR count). The number of nitro groups is 1. The average Bonchev–Trinajstić information content (AvgIpc) is 3.33. The zero-order valence-electron chi connectivity index (χ0n) is 16.4. The van der Waals surface area contributed by atoms with Crippen molar-refractivity contribution in [2.45, 2.75) is 40.1 Å². The Labute approximate surface area is 167 Å². The summed E-state index contributed by atoms with van der Waals surface area (Å²) in [6.45, 7) is 6.55. The van der Waals surface area contributed by atoms with Crippen molar-refractivity contribution in [1.82, 2.24) is 24.9 Å². The molecule has 1 aromatic carbocycles. The molecule has 1 unspecified atom stereocenters. The molecule has 0 bridgehead atoms. The molecule has 1 amide bonds. The van der Waals surface area contributed by atoms with E-state index in [2.05, 4.69) is 15.5 Å². The first-order valence-corrected chi connectivity index (χ1v) is 9.13. The van der Waals surface area contributed by atoms with Crippen LogP contribution < -0.4 is 10.1 Å². The Hall–Kier alpha value is -3.69. The Bertz CT molecular complexity index is 1030. The maximum Gasteiger partial charge on any atom is 0.311 e. The van der Waals surface area contributed by atoms with Crippen LogP contribution in [0.1, 0.15) is 41.6 Å². The van der Waals surface area contributed by atoms with Crippen LogP contribution in [0.15, 0.2) is 42.7 Å². The lowest BCUT2D eigenvalue weighted by atomic mass is 10.1. The first-order valence-electron chi connectivity index (χ1n) is 9.13. The summed E-state index contributed by atoms with van der Waals surface area (Å²) in [5, 5.41) is 22.4. The maximum atomic E-state index is 12.5. The lowest BCUT2D eigenvalue weighted by Gasteiger charge is -2.13. The van der Waals surface area contributed by atoms with Gasteiger partial charge in [-0.25, -0.2) is 4.68 Å². The summed E-state index contributed by atoms with van der Waals surface area (Å²) < 4.78 is 8.74. The molecule has 0 aliphatic heterocycles. The molecule has 152 valence electrons. The van der Waals surface area contributed by atoms with Gasteiger partial charge in [0.25, 0.3) is 5.91 Å². The van der Waals surface area contributed by atoms with Crippen LogP contribution in [0, 0.1) is 17.0 Å². The number of aromatic nitrogens is 4. The minimum atomic E-state index is -0.513. The van der Waals surface area contributed by atoms with Crippen LogP contribution in [0.25, 0.3) is 0 Å². The lowest BCUT2D eigenvalue weighted by molar-refractivity contribution is -0.386. The topological polar surface area (TPSA) is 117 Å². The number of nitro benzene ring substituents is 1. The fourth-order valence-electron chi connectivity index (χ4n) is 2.97. The highest BCUT2D eigenvalue weighted by molar-refractivity contribution is 5.92. The van der Waals surface area contributed by atoms with E-state index in [1.54, 1.807) is 30.6 Å². The second-order valence-corrected chi connectivity index (χ2v) is 6.43. The standard InChI is InChI=1S/C19H22N6O4/c1-4-24-14(3)15(11-20-24)13(2)21-19(26)16-9-10-23(22-16)12-29-18-8-6-5-7-17(18)25(27)28/h5-11,13H,4,12H2,1-3H3,(H,21,26). The Kier molecular flexibility index (Phi) is 5.91. The monoisotopic (exact) mass is 398 g/mol. The highest BCUT2D eigenvalue weighted by Crippen LogP contribution is 2.26. The number of para-hydroxylation sites is 2. The molecule has 2 aromatic heterocycles. The summed E-state index contributed by atoms with van der Waals surface area (Å²) in [7, 11) is 0. The van der Waals surface area contributed by atoms with Crippen molar-refractivity contribution in [3.8, 4) is 5.75 Å². The molecule has 0 saturated heterocycles. The maximum absolute atomic E-state index is 12.5. The van der Waals surface area contributed by atoms with E-state index in [0.717, 1.165) is 17.8 Å². The Morgan fingerprint density at radius 2 is 2.10 bits per heavy atom. The number of hydrogen-bond donors (Lipinski definition) is 1. The number of hydrogen-bond acceptors (Lipinski definition) is 6. The minimum Gasteiger partial charge on any atom is -0.464 e. The summed E-state index contributed by atoms with van der Waals surface area (Å²) in [4.78, 5) is 23.0. The number of amides is 1. The summed E-state index contributed by atoms with van der Waals surface area (Å²) in [5.74, 6) is -0.193. The summed E-state index contributed by atoms with van der Waals surface area (Å²) in [5.41, 5.74) is 2.04. The molecule has 1 atom stereocenters. The van der Waals surface area contributed by atoms with Crippen LogP contribution >= 0.6 is 0 Å². The molecule has 29 heavy (non-hydrogen) atoms. The highest BCUT2D eigenvalue weighted by atomic mass is 16.6. The highest BCUT2D eigenvalue weighted by Gasteiger charge is 2.18. The number of nitrogens with zero attached hydrogens (tertiary/aromatic N) is 5. The summed E-state index contributed by atoms with van der Waals surface area (Å²) in [6, 6.07) is 7.42. The molecule has 10 nitrogen and oxygen atoms in total. The van der Waals surface area contributed by atoms with Gasteiger partial charge in [-0.3, -0.25) is 19.6 Å². The van der Waals surface area contributed by atoms with Crippen molar-refractivity contribution < 1.29 is 14.5 Å². The van der Waals surface area contributed by atoms with E-state index >= 15 is 0 Å². The molecule has 0 aliphatic rings. The SMILES string of the molecule is CCn1ncc(C(C)NC(=O)c2ccn(COc3ccccc3[N+](=O)[O-])n2)c1C. The van der Waals surface area contributed by atoms with Crippen LogP contribution in [0.2, 0.25) is 0 Å². The van der Waals surface area contributed by atoms with Gasteiger partial charge in [0, 0.05) is 30.1 Å². The number of carbonyl (C=O) groups excluding carboxylic acids is 1. The third-order valence-corrected chi connectivity index (χ3v) is 4.54. The average molecular weight is 398 g/mol. The molecule has 0 spiro atoms. The second kappa shape index (κ2) is 8.55. The quantitative estimate of drug-likeness (QED) is 0.461. The minimum absolute atomic E-state index is 0.0595. The molecule has 10 heteroatoms. The molecule has 3 aromatic rings. The summed E-state index contributed by atoms with van der Waals surface area (Å²) in [6.07, 6.45) is 3.33. The predicted octanol–water partition coefficient (Wildman–Crippen LogP) is 2.84. The number of benzene rings is 1. The van der Waals surface area contributed by atoms with E-state index in [0.29, 0.717) is 0 Å². The molecular weight excluding hydrogens is 376 g/mol. The molecule has 0 fully saturated rings. The van der Waals surface area contributed by atoms with E-state index in [1.165, 1.54) is 16.8 Å². The third kappa shape index (κ3) is 4.42. The molecule has 0 aliphatic carbocycles. The van der Waals surface area contributed by atoms with Gasteiger partial charge in [-0.1, -0.05) is 12.1 Å². The van der Waals surface area contributed by atoms with Crippen LogP contribution in [-0.4, -0.2) is 30.4 Å². The van der Waals surface area contributed by atoms with Gasteiger partial charge in [-0.2, -0.15) is 10.2 Å². The van der Waals surface area contributed by atoms with Crippen molar-refractivity contribution in [3.05, 3.63) is 69.8 Å². The first-order chi connectivity index (χ1) is 13.9. The Balaban J connectivity index is 1.63. The second-order valence-electron chi connectivity index (χ2n) is 6.43. The smallest absolute Gasteiger partial charge is 0.311 e. The fourth-order valence-corrected chi connectivity index (χ4v) is 2.97. The third-order valence-electron chi connectivity index (χ3n) is 4.54. The zero-order chi connectivity index (χ0) is 21.0. The Morgan fingerprint density at radius 3 is 2.79 bits per heavy atom. The van der Waals surface area contributed by atoms with Gasteiger partial charge in [-0.15, -0.1) is 0 Å². The molecule has 2 heterocycles. The van der Waals surface area contributed by atoms with E-state index in [1.807, 2.05) is 25.5 Å². The normalized spacial score (nSPS) is 11.8. The van der Waals surface area contributed by atoms with Crippen molar-refractivity contribution in [2.75, 3.05) is 0 Å². The van der Waals surface area contributed by atoms with E-state index < -0.39 is 4.92 Å². The van der Waals surface area contributed by atoms with Crippen molar-refractivity contribution >= 4 is 11.6 Å². The zero-order valence-corrected chi connectivity index (χ0v) is 16.4. The lowest BCUT2D eigenvalue weighted by Crippen LogP contribution is -2.27. The van der Waals surface area contributed by atoms with Gasteiger partial charge in [-0.05, 0) is 32.9 Å². The number of ether oxygens (including phenoxy) is 1. The number of aryl methyl sites for hydroxylation is 1. The number of nitrogens with one attached hydrogen (secondary N) is 1. The van der Waals surface area contributed by atoms with Gasteiger partial charge < -0.3 is 10.1 Å². The van der Waals surface area contributed by atoms with Gasteiger partial charge in [0.1, 0.15) is 5.69 Å². The van der Waals surface area contributed by atoms with Crippen LogP contribution in [0.4, 0.5) is 5.69 Å². The largest absolute Gasteiger partial charge is 0.464 e. The first kappa shape index (κ1) is 20.1. The molecule has 1 N–H and O–H groups in total. The van der Waals surface area contributed by atoms with Crippen LogP contribution in [-0.2, 0) is 13.3 Å². The van der Waals surface area contributed by atoms with Crippen LogP contribution in [0.3, 0.4) is 0 Å². The molecule has 0 radical (unpaired) electrons. The van der Waals surface area contributed by atoms with Gasteiger partial charge in [0.15, 0.2) is 12.5 Å². The predicted molar refractivity (Wildman–Crippen MR) is 104 cm³/mol. The van der Waals surface area contributed by atoms with Crippen molar-refractivity contribution in [3.63, 3.8) is 0 Å². The molecular formula is C19H22N6O4. The van der Waals surface area contributed by atoms with E-state index in [-0.39, 0.29) is 35.8 Å². The van der Waals surface area contributed by atoms with E-state index in [4.69, 9.17) is 4.74 Å². The van der Waals surface area contributed by atoms with Crippen LogP contribution in [0.5, 0.6) is 5.75 Å². The van der Waals surface area contributed by atoms with E-state index in [9.17, 15) is 14.9 Å². The molecule has 0 saturated carbocycles. The van der Waals surface area contributed by atoms with Crippen molar-refractivity contribution in [1.29, 1.82) is 0 Å². The van der Waals surface area contributed by atoms with Gasteiger partial charge in [0.2, 0.25) is 0 Å². The van der Waals surface area contributed by atoms with Crippen molar-refractivity contribution in [2.24, 2.45) is 0 Å². The summed E-state index contributed by atoms with van der Waals surface area (Å²) >= 11 is 0. The number of carbonyl (C=O) groups is 1. The fraction of sp³-hybridized carbons (Fsp3) is 0.316. The van der Waals surface area contributed by atoms with Gasteiger partial charge >= 0.3 is 5.69 Å². The Morgan fingerprint density at radius 1 is 1.34 bits per heavy atom.